The van der Waals surface area contributed by atoms with Crippen LogP contribution in [0.1, 0.15) is 54.4 Å². The summed E-state index contributed by atoms with van der Waals surface area (Å²) in [7, 11) is 0. The van der Waals surface area contributed by atoms with Crippen LogP contribution in [-0.4, -0.2) is 20.1 Å². The molecule has 0 bridgehead atoms. The highest BCUT2D eigenvalue weighted by Crippen LogP contribution is 2.41. The minimum Gasteiger partial charge on any atom is -0.495 e. The average Bonchev–Trinajstić information content (AvgIpc) is 2.17. The van der Waals surface area contributed by atoms with E-state index in [0.717, 1.165) is 4.78 Å². The van der Waals surface area contributed by atoms with Gasteiger partial charge in [-0.05, 0) is 18.3 Å². The molecule has 0 unspecified atom stereocenters. The van der Waals surface area contributed by atoms with Crippen LogP contribution in [0, 0.1) is 11.8 Å². The van der Waals surface area contributed by atoms with E-state index in [2.05, 4.69) is 41.5 Å². The molecule has 88 valence electrons. The van der Waals surface area contributed by atoms with Gasteiger partial charge in [0.2, 0.25) is 0 Å². The van der Waals surface area contributed by atoms with Crippen molar-refractivity contribution in [2.75, 3.05) is 0 Å². The van der Waals surface area contributed by atoms with Crippen molar-refractivity contribution >= 4 is 14.5 Å². The molecule has 0 saturated carbocycles. The lowest BCUT2D eigenvalue weighted by atomic mass is 9.77. The Balaban J connectivity index is 2.80. The van der Waals surface area contributed by atoms with Crippen LogP contribution in [0.3, 0.4) is 0 Å². The molecule has 0 aromatic rings. The normalized spacial score (nSPS) is 21.8. The van der Waals surface area contributed by atoms with Crippen LogP contribution in [0.2, 0.25) is 10.1 Å². The van der Waals surface area contributed by atoms with E-state index in [1.807, 2.05) is 0 Å². The number of hydrogen-bond acceptors (Lipinski definition) is 1. The summed E-state index contributed by atoms with van der Waals surface area (Å²) >= 11 is -0.937. The summed E-state index contributed by atoms with van der Waals surface area (Å²) in [5.41, 5.74) is 0.194. The van der Waals surface area contributed by atoms with Crippen molar-refractivity contribution in [1.29, 1.82) is 0 Å². The Morgan fingerprint density at radius 1 is 1.00 bits per heavy atom. The van der Waals surface area contributed by atoms with Crippen LogP contribution >= 0.6 is 0 Å². The Morgan fingerprint density at radius 3 is 1.93 bits per heavy atom. The van der Waals surface area contributed by atoms with Gasteiger partial charge in [0.05, 0.1) is 0 Å². The van der Waals surface area contributed by atoms with E-state index in [1.54, 1.807) is 0 Å². The monoisotopic (exact) mass is 226 g/mol. The summed E-state index contributed by atoms with van der Waals surface area (Å²) in [5.74, 6) is 1.32. The van der Waals surface area contributed by atoms with Gasteiger partial charge in [0.25, 0.3) is 0 Å². The third-order valence-electron chi connectivity index (χ3n) is 4.13. The fourth-order valence-corrected chi connectivity index (χ4v) is 5.85. The largest absolute Gasteiger partial charge is 0.495 e. The van der Waals surface area contributed by atoms with E-state index < -0.39 is 14.5 Å². The molecule has 1 fully saturated rings. The quantitative estimate of drug-likeness (QED) is 0.654. The molecule has 0 radical (unpaired) electrons. The Morgan fingerprint density at radius 2 is 1.53 bits per heavy atom. The predicted octanol–water partition coefficient (Wildman–Crippen LogP) is 4.25. The molecule has 0 spiro atoms. The summed E-state index contributed by atoms with van der Waals surface area (Å²) in [6.07, 6.45) is 2.67. The average molecular weight is 226 g/mol. The van der Waals surface area contributed by atoms with E-state index >= 15 is 0 Å². The van der Waals surface area contributed by atoms with Crippen LogP contribution in [0.5, 0.6) is 0 Å². The van der Waals surface area contributed by atoms with Crippen molar-refractivity contribution < 1.29 is 3.79 Å². The van der Waals surface area contributed by atoms with Crippen LogP contribution in [-0.2, 0) is 3.79 Å². The molecular formula is C13H27AlO. The van der Waals surface area contributed by atoms with Gasteiger partial charge in [0, 0.05) is 5.60 Å². The van der Waals surface area contributed by atoms with Gasteiger partial charge in [-0.1, -0.05) is 58.0 Å². The first-order valence-electron chi connectivity index (χ1n) is 6.58. The maximum Gasteiger partial charge on any atom is 0.464 e. The standard InChI is InChI=1S/C10H20O.C3H7.Al/c1-6-7-10(11,8(2)3)9(4)5;1-3-2;/h8-9H,1,6-7H2,2-5H3;3H,1-2H3;/q-1;;+1. The Kier molecular flexibility index (Phi) is 4.71. The Bertz CT molecular complexity index is 191. The van der Waals surface area contributed by atoms with Crippen LogP contribution in [0.15, 0.2) is 0 Å². The molecule has 0 aromatic heterocycles. The molecule has 15 heavy (non-hydrogen) atoms. The van der Waals surface area contributed by atoms with Crippen molar-refractivity contribution in [3.05, 3.63) is 0 Å². The summed E-state index contributed by atoms with van der Waals surface area (Å²) < 4.78 is 7.39. The van der Waals surface area contributed by atoms with Gasteiger partial charge in [-0.2, -0.15) is 0 Å². The molecule has 1 aliphatic rings. The zero-order valence-electron chi connectivity index (χ0n) is 11.3. The lowest BCUT2D eigenvalue weighted by Crippen LogP contribution is -2.51. The van der Waals surface area contributed by atoms with Gasteiger partial charge in [0.15, 0.2) is 0 Å². The fraction of sp³-hybridized carbons (Fsp3) is 1.00. The SMILES string of the molecule is C[CH](C)[Al]1[CH2]CCC(C(C)C)(C(C)C)[O]1. The summed E-state index contributed by atoms with van der Waals surface area (Å²) in [5, 5.41) is 1.39. The maximum atomic E-state index is 6.60. The van der Waals surface area contributed by atoms with Crippen LogP contribution < -0.4 is 0 Å². The minimum absolute atomic E-state index is 0.194. The number of hydrogen-bond donors (Lipinski definition) is 0. The third kappa shape index (κ3) is 2.79. The van der Waals surface area contributed by atoms with Gasteiger partial charge >= 0.3 is 14.5 Å². The molecule has 0 aromatic carbocycles. The first-order chi connectivity index (χ1) is 6.90. The van der Waals surface area contributed by atoms with Gasteiger partial charge in [0.1, 0.15) is 0 Å². The first kappa shape index (κ1) is 13.6. The van der Waals surface area contributed by atoms with E-state index in [4.69, 9.17) is 3.79 Å². The van der Waals surface area contributed by atoms with E-state index in [-0.39, 0.29) is 5.60 Å². The van der Waals surface area contributed by atoms with E-state index in [9.17, 15) is 0 Å². The van der Waals surface area contributed by atoms with Crippen molar-refractivity contribution in [3.63, 3.8) is 0 Å². The van der Waals surface area contributed by atoms with Crippen molar-refractivity contribution in [1.82, 2.24) is 0 Å². The Labute approximate surface area is 100 Å². The molecule has 1 heterocycles. The molecular weight excluding hydrogens is 199 g/mol. The van der Waals surface area contributed by atoms with Gasteiger partial charge in [-0.25, -0.2) is 0 Å². The van der Waals surface area contributed by atoms with Crippen LogP contribution in [0.25, 0.3) is 0 Å². The van der Waals surface area contributed by atoms with Crippen molar-refractivity contribution in [2.24, 2.45) is 11.8 Å². The Hall–Kier alpha value is 0.492. The molecule has 1 aliphatic heterocycles. The molecule has 2 heteroatoms. The van der Waals surface area contributed by atoms with E-state index in [0.29, 0.717) is 11.8 Å². The molecule has 1 nitrogen and oxygen atoms in total. The third-order valence-corrected chi connectivity index (χ3v) is 7.33. The molecule has 1 rings (SSSR count). The molecule has 0 amide bonds. The molecule has 0 N–H and O–H groups in total. The molecule has 0 atom stereocenters. The van der Waals surface area contributed by atoms with Crippen LogP contribution in [0.4, 0.5) is 0 Å². The predicted molar refractivity (Wildman–Crippen MR) is 68.4 cm³/mol. The van der Waals surface area contributed by atoms with Crippen molar-refractivity contribution in [2.45, 2.75) is 70.0 Å². The summed E-state index contributed by atoms with van der Waals surface area (Å²) in [6.45, 7) is 14.0. The highest BCUT2D eigenvalue weighted by atomic mass is 27.2. The van der Waals surface area contributed by atoms with E-state index in [1.165, 1.54) is 18.1 Å². The zero-order valence-corrected chi connectivity index (χ0v) is 12.5. The molecule has 1 saturated heterocycles. The smallest absolute Gasteiger partial charge is 0.464 e. The second kappa shape index (κ2) is 5.21. The highest BCUT2D eigenvalue weighted by Gasteiger charge is 2.45. The topological polar surface area (TPSA) is 9.23 Å². The van der Waals surface area contributed by atoms with Gasteiger partial charge in [-0.3, -0.25) is 0 Å². The minimum atomic E-state index is -0.937. The van der Waals surface area contributed by atoms with Crippen molar-refractivity contribution in [3.8, 4) is 0 Å². The molecule has 0 aliphatic carbocycles. The lowest BCUT2D eigenvalue weighted by Gasteiger charge is -2.48. The summed E-state index contributed by atoms with van der Waals surface area (Å²) in [4.78, 5) is 0. The fourth-order valence-electron chi connectivity index (χ4n) is 2.96. The first-order valence-corrected chi connectivity index (χ1v) is 8.53. The van der Waals surface area contributed by atoms with Gasteiger partial charge in [-0.15, -0.1) is 0 Å². The number of rotatable bonds is 3. The maximum absolute atomic E-state index is 6.60. The summed E-state index contributed by atoms with van der Waals surface area (Å²) in [6, 6.07) is 0. The second-order valence-electron chi connectivity index (χ2n) is 6.06. The highest BCUT2D eigenvalue weighted by molar-refractivity contribution is 6.53. The lowest BCUT2D eigenvalue weighted by molar-refractivity contribution is -0.0448. The second-order valence-corrected chi connectivity index (χ2v) is 9.28. The zero-order chi connectivity index (χ0) is 11.6. The van der Waals surface area contributed by atoms with Gasteiger partial charge < -0.3 is 3.79 Å².